The van der Waals surface area contributed by atoms with Gasteiger partial charge in [-0.2, -0.15) is 0 Å². The number of pyridine rings is 1. The van der Waals surface area contributed by atoms with Gasteiger partial charge in [-0.3, -0.25) is 4.79 Å². The van der Waals surface area contributed by atoms with Gasteiger partial charge >= 0.3 is 5.97 Å². The number of aromatic nitrogens is 2. The van der Waals surface area contributed by atoms with Crippen LogP contribution in [0, 0.1) is 5.92 Å². The zero-order chi connectivity index (χ0) is 25.8. The Morgan fingerprint density at radius 3 is 2.46 bits per heavy atom. The second-order valence-corrected chi connectivity index (χ2v) is 10.1. The molecule has 0 bridgehead atoms. The van der Waals surface area contributed by atoms with E-state index in [1.165, 1.54) is 7.11 Å². The molecule has 1 aromatic carbocycles. The van der Waals surface area contributed by atoms with Gasteiger partial charge in [-0.25, -0.2) is 9.78 Å². The lowest BCUT2D eigenvalue weighted by Gasteiger charge is -2.23. The smallest absolute Gasteiger partial charge is 0.356 e. The van der Waals surface area contributed by atoms with Gasteiger partial charge in [0, 0.05) is 18.0 Å². The minimum absolute atomic E-state index is 0.0248. The van der Waals surface area contributed by atoms with E-state index in [2.05, 4.69) is 29.5 Å². The van der Waals surface area contributed by atoms with Crippen LogP contribution in [0.1, 0.15) is 57.1 Å². The molecule has 3 rings (SSSR count). The molecule has 2 heterocycles. The molecule has 1 amide bonds. The molecule has 35 heavy (non-hydrogen) atoms. The van der Waals surface area contributed by atoms with Crippen molar-refractivity contribution in [2.24, 2.45) is 5.92 Å². The van der Waals surface area contributed by atoms with Crippen LogP contribution in [-0.4, -0.2) is 45.3 Å². The fourth-order valence-corrected chi connectivity index (χ4v) is 4.33. The van der Waals surface area contributed by atoms with Crippen LogP contribution in [-0.2, 0) is 22.5 Å². The highest BCUT2D eigenvalue weighted by Gasteiger charge is 2.27. The van der Waals surface area contributed by atoms with E-state index in [-0.39, 0.29) is 30.0 Å². The number of benzene rings is 1. The summed E-state index contributed by atoms with van der Waals surface area (Å²) in [6, 6.07) is 11.3. The van der Waals surface area contributed by atoms with Crippen molar-refractivity contribution in [1.29, 1.82) is 0 Å². The van der Waals surface area contributed by atoms with Gasteiger partial charge in [0.25, 0.3) is 0 Å². The SMILES string of the molecule is COC(=O)c1c(NC(=O)Cc2ccccc2)c2cc(NC(C)CC(C)(C)O)cnc2n1CC(C)C. The summed E-state index contributed by atoms with van der Waals surface area (Å²) in [7, 11) is 1.33. The third-order valence-electron chi connectivity index (χ3n) is 5.52. The van der Waals surface area contributed by atoms with Crippen LogP contribution in [0.15, 0.2) is 42.6 Å². The standard InChI is InChI=1S/C27H36N4O4/c1-17(2)16-31-24(26(33)35-6)23(30-22(32)12-19-10-8-7-9-11-19)21-13-20(15-28-25(21)31)29-18(3)14-27(4,5)34/h7-11,13,15,17-18,29,34H,12,14,16H2,1-6H3,(H,30,32). The first-order valence-corrected chi connectivity index (χ1v) is 11.9. The number of fused-ring (bicyclic) bond motifs is 1. The summed E-state index contributed by atoms with van der Waals surface area (Å²) in [5.41, 5.74) is 2.03. The van der Waals surface area contributed by atoms with Gasteiger partial charge in [-0.15, -0.1) is 0 Å². The van der Waals surface area contributed by atoms with Crippen LogP contribution >= 0.6 is 0 Å². The fraction of sp³-hybridized carbons (Fsp3) is 0.444. The molecule has 3 aromatic rings. The number of aliphatic hydroxyl groups is 1. The molecular weight excluding hydrogens is 444 g/mol. The molecule has 8 heteroatoms. The number of carbonyl (C=O) groups excluding carboxylic acids is 2. The predicted octanol–water partition coefficient (Wildman–Crippen LogP) is 4.62. The van der Waals surface area contributed by atoms with Gasteiger partial charge in [-0.05, 0) is 44.7 Å². The molecule has 3 N–H and O–H groups in total. The van der Waals surface area contributed by atoms with Gasteiger partial charge in [0.2, 0.25) is 5.91 Å². The molecule has 0 saturated carbocycles. The summed E-state index contributed by atoms with van der Waals surface area (Å²) in [5, 5.41) is 17.1. The average Bonchev–Trinajstić information content (AvgIpc) is 3.04. The molecule has 1 atom stereocenters. The van der Waals surface area contributed by atoms with Crippen LogP contribution in [0.4, 0.5) is 11.4 Å². The zero-order valence-corrected chi connectivity index (χ0v) is 21.4. The first kappa shape index (κ1) is 26.2. The zero-order valence-electron chi connectivity index (χ0n) is 21.4. The number of esters is 1. The highest BCUT2D eigenvalue weighted by molar-refractivity contribution is 6.11. The van der Waals surface area contributed by atoms with E-state index in [1.54, 1.807) is 20.0 Å². The topological polar surface area (TPSA) is 105 Å². The Morgan fingerprint density at radius 2 is 1.86 bits per heavy atom. The average molecular weight is 481 g/mol. The summed E-state index contributed by atoms with van der Waals surface area (Å²) in [4.78, 5) is 30.6. The second kappa shape index (κ2) is 10.9. The molecule has 0 radical (unpaired) electrons. The normalized spacial score (nSPS) is 12.6. The quantitative estimate of drug-likeness (QED) is 0.366. The van der Waals surface area contributed by atoms with Gasteiger partial charge in [0.05, 0.1) is 36.7 Å². The molecule has 1 unspecified atom stereocenters. The molecule has 8 nitrogen and oxygen atoms in total. The molecule has 0 fully saturated rings. The first-order chi connectivity index (χ1) is 16.5. The molecule has 188 valence electrons. The second-order valence-electron chi connectivity index (χ2n) is 10.1. The van der Waals surface area contributed by atoms with E-state index in [0.717, 1.165) is 11.3 Å². The number of methoxy groups -OCH3 is 1. The number of rotatable bonds is 10. The maximum absolute atomic E-state index is 13.0. The number of hydrogen-bond donors (Lipinski definition) is 3. The Hall–Kier alpha value is -3.39. The Morgan fingerprint density at radius 1 is 1.17 bits per heavy atom. The Balaban J connectivity index is 2.07. The van der Waals surface area contributed by atoms with E-state index in [9.17, 15) is 14.7 Å². The van der Waals surface area contributed by atoms with Crippen molar-refractivity contribution in [3.05, 3.63) is 53.9 Å². The highest BCUT2D eigenvalue weighted by Crippen LogP contribution is 2.34. The number of ether oxygens (including phenoxy) is 1. The molecule has 0 aliphatic rings. The van der Waals surface area contributed by atoms with Crippen molar-refractivity contribution in [3.8, 4) is 0 Å². The summed E-state index contributed by atoms with van der Waals surface area (Å²) in [5.74, 6) is -0.546. The highest BCUT2D eigenvalue weighted by atomic mass is 16.5. The summed E-state index contributed by atoms with van der Waals surface area (Å²) >= 11 is 0. The van der Waals surface area contributed by atoms with Crippen LogP contribution in [0.5, 0.6) is 0 Å². The molecule has 0 aliphatic heterocycles. The maximum atomic E-state index is 13.0. The van der Waals surface area contributed by atoms with E-state index in [0.29, 0.717) is 29.7 Å². The van der Waals surface area contributed by atoms with E-state index >= 15 is 0 Å². The summed E-state index contributed by atoms with van der Waals surface area (Å²) in [6.45, 7) is 10.1. The van der Waals surface area contributed by atoms with Gasteiger partial charge < -0.3 is 25.0 Å². The van der Waals surface area contributed by atoms with E-state index < -0.39 is 11.6 Å². The Labute approximate surface area is 206 Å². The number of nitrogens with zero attached hydrogens (tertiary/aromatic N) is 2. The molecule has 2 aromatic heterocycles. The lowest BCUT2D eigenvalue weighted by molar-refractivity contribution is -0.115. The Bertz CT molecular complexity index is 1180. The van der Waals surface area contributed by atoms with Gasteiger partial charge in [0.15, 0.2) is 5.69 Å². The van der Waals surface area contributed by atoms with E-state index in [1.807, 2.05) is 47.9 Å². The van der Waals surface area contributed by atoms with Crippen LogP contribution < -0.4 is 10.6 Å². The lowest BCUT2D eigenvalue weighted by Crippen LogP contribution is -2.29. The van der Waals surface area contributed by atoms with Crippen molar-refractivity contribution < 1.29 is 19.4 Å². The van der Waals surface area contributed by atoms with Crippen molar-refractivity contribution in [1.82, 2.24) is 9.55 Å². The Kier molecular flexibility index (Phi) is 8.17. The minimum Gasteiger partial charge on any atom is -0.464 e. The largest absolute Gasteiger partial charge is 0.464 e. The lowest BCUT2D eigenvalue weighted by atomic mass is 10.0. The maximum Gasteiger partial charge on any atom is 0.356 e. The van der Waals surface area contributed by atoms with Crippen molar-refractivity contribution in [2.75, 3.05) is 17.7 Å². The summed E-state index contributed by atoms with van der Waals surface area (Å²) in [6.07, 6.45) is 2.41. The van der Waals surface area contributed by atoms with Crippen molar-refractivity contribution in [2.45, 2.75) is 65.6 Å². The number of anilines is 2. The molecular formula is C27H36N4O4. The molecule has 0 spiro atoms. The molecule has 0 saturated heterocycles. The predicted molar refractivity (Wildman–Crippen MR) is 139 cm³/mol. The van der Waals surface area contributed by atoms with Crippen molar-refractivity contribution >= 4 is 34.3 Å². The third kappa shape index (κ3) is 6.82. The van der Waals surface area contributed by atoms with Gasteiger partial charge in [0.1, 0.15) is 5.65 Å². The fourth-order valence-electron chi connectivity index (χ4n) is 4.33. The van der Waals surface area contributed by atoms with Crippen LogP contribution in [0.25, 0.3) is 11.0 Å². The minimum atomic E-state index is -0.820. The number of carbonyl (C=O) groups is 2. The number of hydrogen-bond acceptors (Lipinski definition) is 6. The van der Waals surface area contributed by atoms with Crippen LogP contribution in [0.3, 0.4) is 0 Å². The number of amides is 1. The van der Waals surface area contributed by atoms with Crippen LogP contribution in [0.2, 0.25) is 0 Å². The summed E-state index contributed by atoms with van der Waals surface area (Å²) < 4.78 is 6.91. The first-order valence-electron chi connectivity index (χ1n) is 11.9. The van der Waals surface area contributed by atoms with Gasteiger partial charge in [-0.1, -0.05) is 44.2 Å². The van der Waals surface area contributed by atoms with Crippen molar-refractivity contribution in [3.63, 3.8) is 0 Å². The number of nitrogens with one attached hydrogen (secondary N) is 2. The monoisotopic (exact) mass is 480 g/mol. The molecule has 0 aliphatic carbocycles. The third-order valence-corrected chi connectivity index (χ3v) is 5.52. The van der Waals surface area contributed by atoms with E-state index in [4.69, 9.17) is 4.74 Å².